The number of ether oxygens (including phenoxy) is 1. The number of carbonyl (C=O) groups is 1. The van der Waals surface area contributed by atoms with Crippen molar-refractivity contribution in [3.8, 4) is 0 Å². The lowest BCUT2D eigenvalue weighted by Crippen LogP contribution is -2.48. The first-order valence-corrected chi connectivity index (χ1v) is 11.4. The van der Waals surface area contributed by atoms with Gasteiger partial charge in [0.05, 0.1) is 5.69 Å². The second-order valence-electron chi connectivity index (χ2n) is 8.67. The fourth-order valence-corrected chi connectivity index (χ4v) is 4.47. The maximum absolute atomic E-state index is 12.4. The van der Waals surface area contributed by atoms with Gasteiger partial charge in [-0.2, -0.15) is 0 Å². The Hall–Kier alpha value is -2.31. The summed E-state index contributed by atoms with van der Waals surface area (Å²) in [7, 11) is 0. The molecule has 0 radical (unpaired) electrons. The molecule has 2 heterocycles. The molecule has 0 unspecified atom stereocenters. The average molecular weight is 503 g/mol. The quantitative estimate of drug-likeness (QED) is 0.488. The minimum Gasteiger partial charge on any atom is -0.444 e. The molecule has 1 amide bonds. The van der Waals surface area contributed by atoms with Crippen LogP contribution in [-0.4, -0.2) is 52.7 Å². The molecule has 31 heavy (non-hydrogen) atoms. The Labute approximate surface area is 196 Å². The van der Waals surface area contributed by atoms with Crippen LogP contribution in [0.1, 0.15) is 43.2 Å². The molecule has 1 fully saturated rings. The summed E-state index contributed by atoms with van der Waals surface area (Å²) < 4.78 is 6.48. The fourth-order valence-electron chi connectivity index (χ4n) is 3.72. The van der Waals surface area contributed by atoms with E-state index >= 15 is 0 Å². The van der Waals surface area contributed by atoms with Crippen molar-refractivity contribution in [1.29, 1.82) is 0 Å². The van der Waals surface area contributed by atoms with E-state index in [9.17, 15) is 4.79 Å². The topological polar surface area (TPSA) is 45.7 Å². The van der Waals surface area contributed by atoms with Gasteiger partial charge in [-0.1, -0.05) is 39.7 Å². The second kappa shape index (κ2) is 8.67. The van der Waals surface area contributed by atoms with Gasteiger partial charge < -0.3 is 14.5 Å². The van der Waals surface area contributed by atoms with Crippen molar-refractivity contribution in [3.05, 3.63) is 70.1 Å². The third kappa shape index (κ3) is 4.96. The highest BCUT2D eigenvalue weighted by Gasteiger charge is 2.26. The van der Waals surface area contributed by atoms with E-state index in [0.29, 0.717) is 18.1 Å². The molecular weight excluding hydrogens is 478 g/mol. The molecule has 2 aliphatic rings. The van der Waals surface area contributed by atoms with Crippen molar-refractivity contribution in [2.45, 2.75) is 26.4 Å². The van der Waals surface area contributed by atoms with Crippen molar-refractivity contribution in [2.75, 3.05) is 26.2 Å². The number of hydrogen-bond acceptors (Lipinski definition) is 4. The standard InChI is InChI=1S/C24H25BrClN3O2/c1-24(2,3)31-23(30)29-11-9-28(10-12-29)15-20-18-7-6-17(26)14-19(18)21(25)13-16-5-4-8-27-22(16)20/h4-8,13-15H,9-12H2,1-3H3. The van der Waals surface area contributed by atoms with Gasteiger partial charge in [0.25, 0.3) is 0 Å². The maximum atomic E-state index is 12.4. The summed E-state index contributed by atoms with van der Waals surface area (Å²) in [5.41, 5.74) is 4.62. The van der Waals surface area contributed by atoms with Gasteiger partial charge in [-0.3, -0.25) is 4.98 Å². The van der Waals surface area contributed by atoms with Crippen LogP contribution >= 0.6 is 27.5 Å². The summed E-state index contributed by atoms with van der Waals surface area (Å²) in [4.78, 5) is 21.1. The van der Waals surface area contributed by atoms with Crippen LogP contribution in [0.3, 0.4) is 0 Å². The number of amides is 1. The molecular formula is C24H25BrClN3O2. The minimum atomic E-state index is -0.489. The van der Waals surface area contributed by atoms with Crippen LogP contribution in [-0.2, 0) is 4.74 Å². The van der Waals surface area contributed by atoms with Gasteiger partial charge in [-0.15, -0.1) is 0 Å². The molecule has 1 aliphatic carbocycles. The summed E-state index contributed by atoms with van der Waals surface area (Å²) in [5, 5.41) is 0.688. The molecule has 0 bridgehead atoms. The SMILES string of the molecule is CC(C)(C)OC(=O)N1CCN(C=C2c3ccc(Cl)cc3C(Br)=Cc3cccnc32)CC1. The van der Waals surface area contributed by atoms with E-state index in [1.165, 1.54) is 0 Å². The summed E-state index contributed by atoms with van der Waals surface area (Å²) in [6.07, 6.45) is 5.80. The summed E-state index contributed by atoms with van der Waals surface area (Å²) in [6, 6.07) is 9.92. The Bertz CT molecular complexity index is 1070. The zero-order valence-electron chi connectivity index (χ0n) is 17.9. The number of nitrogens with zero attached hydrogens (tertiary/aromatic N) is 3. The highest BCUT2D eigenvalue weighted by molar-refractivity contribution is 9.15. The fraction of sp³-hybridized carbons (Fsp3) is 0.333. The first kappa shape index (κ1) is 21.9. The summed E-state index contributed by atoms with van der Waals surface area (Å²) >= 11 is 10.0. The lowest BCUT2D eigenvalue weighted by atomic mass is 9.98. The van der Waals surface area contributed by atoms with Crippen LogP contribution in [0.5, 0.6) is 0 Å². The monoisotopic (exact) mass is 501 g/mol. The third-order valence-electron chi connectivity index (χ3n) is 5.18. The van der Waals surface area contributed by atoms with Gasteiger partial charge in [-0.25, -0.2) is 4.79 Å². The zero-order valence-corrected chi connectivity index (χ0v) is 20.2. The van der Waals surface area contributed by atoms with Crippen molar-refractivity contribution in [2.24, 2.45) is 0 Å². The molecule has 162 valence electrons. The largest absolute Gasteiger partial charge is 0.444 e. The van der Waals surface area contributed by atoms with E-state index in [0.717, 1.165) is 45.5 Å². The van der Waals surface area contributed by atoms with E-state index < -0.39 is 5.60 Å². The molecule has 0 spiro atoms. The Morgan fingerprint density at radius 2 is 1.90 bits per heavy atom. The number of piperazine rings is 1. The Balaban J connectivity index is 1.63. The van der Waals surface area contributed by atoms with Crippen LogP contribution in [0.2, 0.25) is 5.02 Å². The van der Waals surface area contributed by atoms with E-state index in [1.807, 2.05) is 51.2 Å². The predicted molar refractivity (Wildman–Crippen MR) is 129 cm³/mol. The van der Waals surface area contributed by atoms with E-state index in [-0.39, 0.29) is 6.09 Å². The van der Waals surface area contributed by atoms with Gasteiger partial charge in [0, 0.05) is 59.2 Å². The average Bonchev–Trinajstić information content (AvgIpc) is 2.82. The van der Waals surface area contributed by atoms with Crippen molar-refractivity contribution in [1.82, 2.24) is 14.8 Å². The number of halogens is 2. The number of benzene rings is 1. The van der Waals surface area contributed by atoms with Crippen molar-refractivity contribution < 1.29 is 9.53 Å². The number of fused-ring (bicyclic) bond motifs is 2. The number of rotatable bonds is 1. The van der Waals surface area contributed by atoms with Gasteiger partial charge in [0.15, 0.2) is 0 Å². The molecule has 1 aromatic carbocycles. The molecule has 0 N–H and O–H groups in total. The number of hydrogen-bond donors (Lipinski definition) is 0. The van der Waals surface area contributed by atoms with Gasteiger partial charge in [0.1, 0.15) is 5.60 Å². The lowest BCUT2D eigenvalue weighted by molar-refractivity contribution is 0.0177. The summed E-state index contributed by atoms with van der Waals surface area (Å²) in [6.45, 7) is 8.34. The van der Waals surface area contributed by atoms with Gasteiger partial charge in [-0.05, 0) is 56.2 Å². The first-order valence-electron chi connectivity index (χ1n) is 10.3. The Kier molecular flexibility index (Phi) is 6.13. The second-order valence-corrected chi connectivity index (χ2v) is 9.96. The first-order chi connectivity index (χ1) is 14.7. The van der Waals surface area contributed by atoms with Gasteiger partial charge >= 0.3 is 6.09 Å². The molecule has 0 saturated carbocycles. The molecule has 0 atom stereocenters. The molecule has 7 heteroatoms. The summed E-state index contributed by atoms with van der Waals surface area (Å²) in [5.74, 6) is 0. The molecule has 1 aromatic heterocycles. The van der Waals surface area contributed by atoms with Crippen LogP contribution in [0.25, 0.3) is 16.1 Å². The molecule has 1 saturated heterocycles. The highest BCUT2D eigenvalue weighted by Crippen LogP contribution is 2.40. The zero-order chi connectivity index (χ0) is 22.2. The molecule has 4 rings (SSSR count). The third-order valence-corrected chi connectivity index (χ3v) is 6.07. The molecule has 2 aromatic rings. The Morgan fingerprint density at radius 3 is 2.61 bits per heavy atom. The van der Waals surface area contributed by atoms with Crippen molar-refractivity contribution >= 4 is 49.8 Å². The van der Waals surface area contributed by atoms with Gasteiger partial charge in [0.2, 0.25) is 0 Å². The van der Waals surface area contributed by atoms with E-state index in [4.69, 9.17) is 16.3 Å². The van der Waals surface area contributed by atoms with E-state index in [1.54, 1.807) is 4.90 Å². The molecule has 5 nitrogen and oxygen atoms in total. The lowest BCUT2D eigenvalue weighted by Gasteiger charge is -2.35. The normalized spacial score (nSPS) is 17.6. The van der Waals surface area contributed by atoms with Crippen LogP contribution in [0, 0.1) is 0 Å². The molecule has 1 aliphatic heterocycles. The van der Waals surface area contributed by atoms with E-state index in [2.05, 4.69) is 44.2 Å². The van der Waals surface area contributed by atoms with Crippen LogP contribution < -0.4 is 0 Å². The maximum Gasteiger partial charge on any atom is 0.410 e. The smallest absolute Gasteiger partial charge is 0.410 e. The highest BCUT2D eigenvalue weighted by atomic mass is 79.9. The predicted octanol–water partition coefficient (Wildman–Crippen LogP) is 5.88. The Morgan fingerprint density at radius 1 is 1.16 bits per heavy atom. The number of carbonyl (C=O) groups excluding carboxylic acids is 1. The van der Waals surface area contributed by atoms with Crippen LogP contribution in [0.4, 0.5) is 4.79 Å². The number of pyridine rings is 1. The minimum absolute atomic E-state index is 0.255. The number of aromatic nitrogens is 1. The van der Waals surface area contributed by atoms with Crippen LogP contribution in [0.15, 0.2) is 42.7 Å². The van der Waals surface area contributed by atoms with Crippen molar-refractivity contribution in [3.63, 3.8) is 0 Å².